The normalized spacial score (nSPS) is 17.8. The number of nitrogens with one attached hydrogen (secondary N) is 1. The zero-order chi connectivity index (χ0) is 16.9. The van der Waals surface area contributed by atoms with Crippen LogP contribution in [0.4, 0.5) is 5.69 Å². The Bertz CT molecular complexity index is 667. The van der Waals surface area contributed by atoms with E-state index in [0.717, 1.165) is 11.3 Å². The topological polar surface area (TPSA) is 86.7 Å². The fourth-order valence-electron chi connectivity index (χ4n) is 2.38. The number of carbonyl (C=O) groups is 1. The first-order chi connectivity index (χ1) is 10.9. The van der Waals surface area contributed by atoms with Gasteiger partial charge in [-0.3, -0.25) is 4.79 Å². The number of aliphatic hydroxyl groups excluding tert-OH is 1. The molecule has 0 saturated carbocycles. The van der Waals surface area contributed by atoms with Crippen LogP contribution in [-0.2, 0) is 14.6 Å². The Morgan fingerprint density at radius 2 is 1.87 bits per heavy atom. The number of benzene rings is 1. The first-order valence-corrected chi connectivity index (χ1v) is 9.36. The molecule has 0 bridgehead atoms. The monoisotopic (exact) mass is 338 g/mol. The minimum atomic E-state index is -2.88. The molecule has 7 heteroatoms. The highest BCUT2D eigenvalue weighted by molar-refractivity contribution is 7.91. The van der Waals surface area contributed by atoms with E-state index in [4.69, 9.17) is 5.11 Å². The number of hydrogen-bond acceptors (Lipinski definition) is 5. The second kappa shape index (κ2) is 7.61. The molecule has 1 aliphatic heterocycles. The molecular formula is C16H22N2O4S. The second-order valence-electron chi connectivity index (χ2n) is 5.54. The molecule has 1 saturated heterocycles. The molecule has 0 radical (unpaired) electrons. The van der Waals surface area contributed by atoms with Crippen molar-refractivity contribution in [2.24, 2.45) is 0 Å². The molecule has 0 aromatic heterocycles. The van der Waals surface area contributed by atoms with Gasteiger partial charge in [-0.1, -0.05) is 12.1 Å². The Balaban J connectivity index is 2.01. The summed E-state index contributed by atoms with van der Waals surface area (Å²) in [5.74, 6) is 0.182. The highest BCUT2D eigenvalue weighted by Crippen LogP contribution is 2.19. The van der Waals surface area contributed by atoms with Crippen molar-refractivity contribution in [1.29, 1.82) is 0 Å². The van der Waals surface area contributed by atoms with E-state index < -0.39 is 9.84 Å². The minimum Gasteiger partial charge on any atom is -0.395 e. The van der Waals surface area contributed by atoms with Gasteiger partial charge < -0.3 is 15.3 Å². The summed E-state index contributed by atoms with van der Waals surface area (Å²) >= 11 is 0. The van der Waals surface area contributed by atoms with Crippen LogP contribution in [0, 0.1) is 0 Å². The van der Waals surface area contributed by atoms with E-state index in [0.29, 0.717) is 18.7 Å². The quantitative estimate of drug-likeness (QED) is 0.761. The van der Waals surface area contributed by atoms with Gasteiger partial charge in [0.1, 0.15) is 0 Å². The molecule has 1 aliphatic rings. The van der Waals surface area contributed by atoms with Gasteiger partial charge in [0.05, 0.1) is 18.1 Å². The van der Waals surface area contributed by atoms with Crippen molar-refractivity contribution in [1.82, 2.24) is 5.32 Å². The van der Waals surface area contributed by atoms with E-state index >= 15 is 0 Å². The van der Waals surface area contributed by atoms with E-state index in [-0.39, 0.29) is 30.6 Å². The lowest BCUT2D eigenvalue weighted by Gasteiger charge is -2.28. The van der Waals surface area contributed by atoms with Crippen molar-refractivity contribution in [3.63, 3.8) is 0 Å². The zero-order valence-electron chi connectivity index (χ0n) is 13.2. The van der Waals surface area contributed by atoms with Crippen molar-refractivity contribution in [3.05, 3.63) is 35.4 Å². The highest BCUT2D eigenvalue weighted by Gasteiger charge is 2.21. The molecule has 1 heterocycles. The molecule has 0 aliphatic carbocycles. The summed E-state index contributed by atoms with van der Waals surface area (Å²) in [6, 6.07) is 7.67. The molecule has 1 amide bonds. The first-order valence-electron chi connectivity index (χ1n) is 7.54. The van der Waals surface area contributed by atoms with Gasteiger partial charge in [0.25, 0.3) is 0 Å². The van der Waals surface area contributed by atoms with Crippen LogP contribution >= 0.6 is 0 Å². The van der Waals surface area contributed by atoms with E-state index in [1.807, 2.05) is 24.3 Å². The number of hydrogen-bond donors (Lipinski definition) is 2. The van der Waals surface area contributed by atoms with Crippen LogP contribution in [0.1, 0.15) is 12.5 Å². The predicted molar refractivity (Wildman–Crippen MR) is 91.1 cm³/mol. The standard InChI is InChI=1S/C16H22N2O4S/c1-13(16(20)17-6-9-19)12-14-2-4-15(5-3-14)18-7-10-23(21,22)11-8-18/h2-5,12,19H,6-11H2,1H3,(H,17,20)/b13-12+. The second-order valence-corrected chi connectivity index (χ2v) is 7.84. The van der Waals surface area contributed by atoms with Crippen LogP contribution in [0.15, 0.2) is 29.8 Å². The number of aliphatic hydroxyl groups is 1. The molecule has 126 valence electrons. The third-order valence-corrected chi connectivity index (χ3v) is 5.35. The van der Waals surface area contributed by atoms with E-state index in [1.165, 1.54) is 0 Å². The number of carbonyl (C=O) groups excluding carboxylic acids is 1. The van der Waals surface area contributed by atoms with Crippen molar-refractivity contribution in [2.75, 3.05) is 42.6 Å². The molecule has 2 N–H and O–H groups in total. The average molecular weight is 338 g/mol. The summed E-state index contributed by atoms with van der Waals surface area (Å²) < 4.78 is 22.9. The number of sulfone groups is 1. The van der Waals surface area contributed by atoms with Gasteiger partial charge in [-0.05, 0) is 30.7 Å². The lowest BCUT2D eigenvalue weighted by atomic mass is 10.1. The Hall–Kier alpha value is -1.86. The smallest absolute Gasteiger partial charge is 0.247 e. The van der Waals surface area contributed by atoms with Gasteiger partial charge in [0, 0.05) is 30.9 Å². The van der Waals surface area contributed by atoms with Crippen molar-refractivity contribution in [2.45, 2.75) is 6.92 Å². The summed E-state index contributed by atoms with van der Waals surface area (Å²) in [5, 5.41) is 11.3. The van der Waals surface area contributed by atoms with Crippen LogP contribution in [0.25, 0.3) is 6.08 Å². The van der Waals surface area contributed by atoms with Crippen LogP contribution in [0.5, 0.6) is 0 Å². The third-order valence-electron chi connectivity index (χ3n) is 3.74. The minimum absolute atomic E-state index is 0.0841. The molecule has 0 atom stereocenters. The molecule has 0 spiro atoms. The van der Waals surface area contributed by atoms with Crippen LogP contribution < -0.4 is 10.2 Å². The fourth-order valence-corrected chi connectivity index (χ4v) is 3.58. The maximum absolute atomic E-state index is 11.7. The predicted octanol–water partition coefficient (Wildman–Crippen LogP) is 0.433. The van der Waals surface area contributed by atoms with Crippen LogP contribution in [0.2, 0.25) is 0 Å². The average Bonchev–Trinajstić information content (AvgIpc) is 2.53. The molecule has 1 aromatic carbocycles. The molecular weight excluding hydrogens is 316 g/mol. The van der Waals surface area contributed by atoms with Gasteiger partial charge in [-0.15, -0.1) is 0 Å². The molecule has 0 unspecified atom stereocenters. The summed E-state index contributed by atoms with van der Waals surface area (Å²) in [4.78, 5) is 13.8. The largest absolute Gasteiger partial charge is 0.395 e. The van der Waals surface area contributed by atoms with Gasteiger partial charge in [0.2, 0.25) is 5.91 Å². The van der Waals surface area contributed by atoms with Crippen molar-refractivity contribution in [3.8, 4) is 0 Å². The van der Waals surface area contributed by atoms with Crippen LogP contribution in [0.3, 0.4) is 0 Å². The third kappa shape index (κ3) is 5.07. The summed E-state index contributed by atoms with van der Waals surface area (Å²) in [5.41, 5.74) is 2.45. The Morgan fingerprint density at radius 1 is 1.26 bits per heavy atom. The van der Waals surface area contributed by atoms with E-state index in [1.54, 1.807) is 13.0 Å². The molecule has 1 aromatic rings. The van der Waals surface area contributed by atoms with Gasteiger partial charge in [-0.2, -0.15) is 0 Å². The molecule has 6 nitrogen and oxygen atoms in total. The Kier molecular flexibility index (Phi) is 5.79. The fraction of sp³-hybridized carbons (Fsp3) is 0.438. The zero-order valence-corrected chi connectivity index (χ0v) is 14.0. The molecule has 23 heavy (non-hydrogen) atoms. The first kappa shape index (κ1) is 17.5. The number of anilines is 1. The summed E-state index contributed by atoms with van der Waals surface area (Å²) in [6.45, 7) is 2.90. The van der Waals surface area contributed by atoms with Crippen molar-refractivity contribution >= 4 is 27.5 Å². The van der Waals surface area contributed by atoms with Crippen LogP contribution in [-0.4, -0.2) is 57.2 Å². The summed E-state index contributed by atoms with van der Waals surface area (Å²) in [6.07, 6.45) is 1.77. The highest BCUT2D eigenvalue weighted by atomic mass is 32.2. The summed E-state index contributed by atoms with van der Waals surface area (Å²) in [7, 11) is -2.88. The Labute approximate surface area is 136 Å². The maximum atomic E-state index is 11.7. The van der Waals surface area contributed by atoms with Gasteiger partial charge >= 0.3 is 0 Å². The number of rotatable bonds is 5. The van der Waals surface area contributed by atoms with E-state index in [9.17, 15) is 13.2 Å². The molecule has 2 rings (SSSR count). The van der Waals surface area contributed by atoms with E-state index in [2.05, 4.69) is 10.2 Å². The SMILES string of the molecule is C/C(=C\c1ccc(N2CCS(=O)(=O)CC2)cc1)C(=O)NCCO. The number of amides is 1. The lowest BCUT2D eigenvalue weighted by Crippen LogP contribution is -2.40. The van der Waals surface area contributed by atoms with Crippen molar-refractivity contribution < 1.29 is 18.3 Å². The Morgan fingerprint density at radius 3 is 2.43 bits per heavy atom. The van der Waals surface area contributed by atoms with Gasteiger partial charge in [0.15, 0.2) is 9.84 Å². The number of nitrogens with zero attached hydrogens (tertiary/aromatic N) is 1. The maximum Gasteiger partial charge on any atom is 0.247 e. The molecule has 1 fully saturated rings. The van der Waals surface area contributed by atoms with Gasteiger partial charge in [-0.25, -0.2) is 8.42 Å². The lowest BCUT2D eigenvalue weighted by molar-refractivity contribution is -0.117.